The van der Waals surface area contributed by atoms with Crippen molar-refractivity contribution in [1.29, 1.82) is 0 Å². The van der Waals surface area contributed by atoms with Crippen LogP contribution in [0, 0.1) is 12.0 Å². The van der Waals surface area contributed by atoms with Crippen molar-refractivity contribution in [3.8, 4) is 40.5 Å². The maximum Gasteiger partial charge on any atom is 0.269 e. The molecule has 0 saturated carbocycles. The van der Waals surface area contributed by atoms with E-state index in [9.17, 15) is 4.79 Å². The molecule has 2 aromatic carbocycles. The molecule has 1 saturated heterocycles. The highest BCUT2D eigenvalue weighted by atomic mass is 16.5. The van der Waals surface area contributed by atoms with E-state index in [4.69, 9.17) is 15.2 Å². The Morgan fingerprint density at radius 1 is 1.18 bits per heavy atom. The van der Waals surface area contributed by atoms with E-state index in [1.54, 1.807) is 11.6 Å². The van der Waals surface area contributed by atoms with Gasteiger partial charge < -0.3 is 25.1 Å². The number of nitrogens with zero attached hydrogens (tertiary/aromatic N) is 3. The molecule has 0 spiro atoms. The van der Waals surface area contributed by atoms with Crippen LogP contribution in [0.4, 0.5) is 0 Å². The average Bonchev–Trinajstić information content (AvgIpc) is 3.55. The number of fused-ring (bicyclic) bond motifs is 1. The number of aromatic nitrogens is 3. The molecular weight excluding hydrogens is 430 g/mol. The predicted molar refractivity (Wildman–Crippen MR) is 129 cm³/mol. The molecule has 172 valence electrons. The summed E-state index contributed by atoms with van der Waals surface area (Å²) in [6, 6.07) is 18.0. The van der Waals surface area contributed by atoms with Gasteiger partial charge in [0.2, 0.25) is 0 Å². The number of ether oxygens (including phenoxy) is 2. The normalized spacial score (nSPS) is 15.2. The molecule has 4 aromatic rings. The van der Waals surface area contributed by atoms with Crippen LogP contribution < -0.4 is 15.2 Å². The van der Waals surface area contributed by atoms with Crippen LogP contribution in [0.2, 0.25) is 0 Å². The molecule has 2 aromatic heterocycles. The summed E-state index contributed by atoms with van der Waals surface area (Å²) in [7, 11) is 1.60. The lowest BCUT2D eigenvalue weighted by Gasteiger charge is -2.10. The number of likely N-dealkylation sites (tertiary alicyclic amines) is 1. The fourth-order valence-electron chi connectivity index (χ4n) is 4.47. The number of nitrogens with one attached hydrogen (secondary N) is 1. The van der Waals surface area contributed by atoms with Crippen molar-refractivity contribution >= 4 is 11.6 Å². The number of methoxy groups -OCH3 is 1. The first-order valence-corrected chi connectivity index (χ1v) is 11.1. The summed E-state index contributed by atoms with van der Waals surface area (Å²) in [4.78, 5) is 17.9. The fraction of sp³-hybridized carbons (Fsp3) is 0.231. The molecule has 5 rings (SSSR count). The smallest absolute Gasteiger partial charge is 0.269 e. The van der Waals surface area contributed by atoms with Gasteiger partial charge >= 0.3 is 0 Å². The lowest BCUT2D eigenvalue weighted by molar-refractivity contribution is 0.0994. The number of carbonyl (C=O) groups excluding carboxylic acids is 1. The van der Waals surface area contributed by atoms with E-state index in [1.165, 1.54) is 0 Å². The highest BCUT2D eigenvalue weighted by molar-refractivity contribution is 5.98. The number of rotatable bonds is 6. The SMILES string of the molecule is CC#CN1CCC(c2cnn3c(C(N)=O)c(-c4ccc(Oc5ccccc5OC)cc4)[nH]c23)C1. The minimum absolute atomic E-state index is 0.280. The van der Waals surface area contributed by atoms with Crippen LogP contribution in [-0.4, -0.2) is 45.6 Å². The van der Waals surface area contributed by atoms with Crippen LogP contribution in [0.25, 0.3) is 16.9 Å². The van der Waals surface area contributed by atoms with Crippen molar-refractivity contribution in [3.63, 3.8) is 0 Å². The Morgan fingerprint density at radius 3 is 2.65 bits per heavy atom. The number of hydrogen-bond acceptors (Lipinski definition) is 5. The van der Waals surface area contributed by atoms with E-state index in [-0.39, 0.29) is 5.92 Å². The first kappa shape index (κ1) is 21.5. The van der Waals surface area contributed by atoms with E-state index in [0.717, 1.165) is 36.3 Å². The Balaban J connectivity index is 1.47. The third-order valence-corrected chi connectivity index (χ3v) is 6.06. The average molecular weight is 456 g/mol. The van der Waals surface area contributed by atoms with Crippen molar-refractivity contribution in [1.82, 2.24) is 19.5 Å². The van der Waals surface area contributed by atoms with Crippen LogP contribution in [0.5, 0.6) is 17.2 Å². The second-order valence-electron chi connectivity index (χ2n) is 8.14. The zero-order chi connectivity index (χ0) is 23.7. The number of nitrogens with two attached hydrogens (primary N) is 1. The number of aromatic amines is 1. The summed E-state index contributed by atoms with van der Waals surface area (Å²) in [5.41, 5.74) is 9.37. The van der Waals surface area contributed by atoms with Gasteiger partial charge in [-0.3, -0.25) is 4.79 Å². The van der Waals surface area contributed by atoms with Gasteiger partial charge in [0, 0.05) is 36.2 Å². The zero-order valence-corrected chi connectivity index (χ0v) is 19.0. The molecule has 3 N–H and O–H groups in total. The number of benzene rings is 2. The number of H-pyrrole nitrogens is 1. The van der Waals surface area contributed by atoms with Gasteiger partial charge in [-0.15, -0.1) is 0 Å². The number of primary amides is 1. The maximum atomic E-state index is 12.4. The van der Waals surface area contributed by atoms with Gasteiger partial charge in [-0.1, -0.05) is 18.1 Å². The quantitative estimate of drug-likeness (QED) is 0.428. The molecule has 0 bridgehead atoms. The summed E-state index contributed by atoms with van der Waals surface area (Å²) in [6.45, 7) is 3.58. The number of imidazole rings is 1. The van der Waals surface area contributed by atoms with Gasteiger partial charge in [-0.2, -0.15) is 5.10 Å². The fourth-order valence-corrected chi connectivity index (χ4v) is 4.47. The van der Waals surface area contributed by atoms with Crippen LogP contribution >= 0.6 is 0 Å². The molecule has 1 amide bonds. The first-order chi connectivity index (χ1) is 16.6. The van der Waals surface area contributed by atoms with Gasteiger partial charge in [0.25, 0.3) is 5.91 Å². The Hall–Kier alpha value is -4.38. The molecule has 0 aliphatic carbocycles. The lowest BCUT2D eigenvalue weighted by Crippen LogP contribution is -2.15. The molecule has 1 aliphatic heterocycles. The summed E-state index contributed by atoms with van der Waals surface area (Å²) < 4.78 is 12.9. The standard InChI is InChI=1S/C26H25N5O3/c1-3-13-30-14-12-18(16-30)20-15-28-31-24(25(27)32)23(29-26(20)31)17-8-10-19(11-9-17)34-22-7-5-4-6-21(22)33-2/h4-11,15,18,29H,12,14,16H2,1-2H3,(H2,27,32). The molecule has 1 atom stereocenters. The third-order valence-electron chi connectivity index (χ3n) is 6.06. The predicted octanol–water partition coefficient (Wildman–Crippen LogP) is 4.00. The Kier molecular flexibility index (Phi) is 5.60. The number of hydrogen-bond donors (Lipinski definition) is 2. The number of amides is 1. The minimum atomic E-state index is -0.546. The summed E-state index contributed by atoms with van der Waals surface area (Å²) >= 11 is 0. The Bertz CT molecular complexity index is 1410. The van der Waals surface area contributed by atoms with Crippen molar-refractivity contribution in [3.05, 3.63) is 66.0 Å². The molecule has 0 radical (unpaired) electrons. The van der Waals surface area contributed by atoms with Crippen molar-refractivity contribution in [2.75, 3.05) is 20.2 Å². The minimum Gasteiger partial charge on any atom is -0.493 e. The van der Waals surface area contributed by atoms with Crippen molar-refractivity contribution in [2.24, 2.45) is 5.73 Å². The van der Waals surface area contributed by atoms with Crippen LogP contribution in [0.3, 0.4) is 0 Å². The van der Waals surface area contributed by atoms with Crippen LogP contribution in [-0.2, 0) is 0 Å². The third kappa shape index (κ3) is 3.82. The first-order valence-electron chi connectivity index (χ1n) is 11.1. The molecule has 8 nitrogen and oxygen atoms in total. The molecule has 1 fully saturated rings. The van der Waals surface area contributed by atoms with E-state index in [1.807, 2.05) is 61.7 Å². The molecule has 1 unspecified atom stereocenters. The summed E-state index contributed by atoms with van der Waals surface area (Å²) in [5, 5.41) is 4.49. The molecular formula is C26H25N5O3. The van der Waals surface area contributed by atoms with E-state index in [0.29, 0.717) is 28.6 Å². The zero-order valence-electron chi connectivity index (χ0n) is 19.0. The molecule has 34 heavy (non-hydrogen) atoms. The Morgan fingerprint density at radius 2 is 1.94 bits per heavy atom. The van der Waals surface area contributed by atoms with Gasteiger partial charge in [0.15, 0.2) is 17.2 Å². The van der Waals surface area contributed by atoms with Crippen molar-refractivity contribution in [2.45, 2.75) is 19.3 Å². The molecule has 3 heterocycles. The van der Waals surface area contributed by atoms with Crippen LogP contribution in [0.1, 0.15) is 35.3 Å². The highest BCUT2D eigenvalue weighted by Crippen LogP contribution is 2.35. The van der Waals surface area contributed by atoms with E-state index >= 15 is 0 Å². The summed E-state index contributed by atoms with van der Waals surface area (Å²) in [5.74, 6) is 4.61. The van der Waals surface area contributed by atoms with E-state index < -0.39 is 5.91 Å². The maximum absolute atomic E-state index is 12.4. The largest absolute Gasteiger partial charge is 0.493 e. The van der Waals surface area contributed by atoms with E-state index in [2.05, 4.69) is 26.9 Å². The Labute approximate surface area is 197 Å². The van der Waals surface area contributed by atoms with Crippen LogP contribution in [0.15, 0.2) is 54.7 Å². The number of para-hydroxylation sites is 2. The lowest BCUT2D eigenvalue weighted by atomic mass is 10.0. The monoisotopic (exact) mass is 455 g/mol. The molecule has 8 heteroatoms. The van der Waals surface area contributed by atoms with Gasteiger partial charge in [-0.25, -0.2) is 4.52 Å². The van der Waals surface area contributed by atoms with Crippen molar-refractivity contribution < 1.29 is 14.3 Å². The van der Waals surface area contributed by atoms with Gasteiger partial charge in [-0.05, 0) is 49.7 Å². The second kappa shape index (κ2) is 8.87. The molecule has 1 aliphatic rings. The highest BCUT2D eigenvalue weighted by Gasteiger charge is 2.28. The second-order valence-corrected chi connectivity index (χ2v) is 8.14. The summed E-state index contributed by atoms with van der Waals surface area (Å²) in [6.07, 6.45) is 2.80. The topological polar surface area (TPSA) is 97.9 Å². The van der Waals surface area contributed by atoms with Gasteiger partial charge in [0.1, 0.15) is 11.4 Å². The number of carbonyl (C=O) groups is 1. The van der Waals surface area contributed by atoms with Gasteiger partial charge in [0.05, 0.1) is 19.0 Å².